The number of hydrogen-bond donors (Lipinski definition) is 0. The Morgan fingerprint density at radius 3 is 2.32 bits per heavy atom. The Morgan fingerprint density at radius 2 is 1.68 bits per heavy atom. The van der Waals surface area contributed by atoms with Crippen molar-refractivity contribution in [3.63, 3.8) is 0 Å². The molecule has 0 amide bonds. The molecule has 3 rings (SSSR count). The van der Waals surface area contributed by atoms with E-state index in [-0.39, 0.29) is 5.91 Å². The SMILES string of the molecule is CCc1ccc2c(c1)c1cc(C)ccc1n2C(C)=O. The molecule has 0 atom stereocenters. The van der Waals surface area contributed by atoms with Crippen molar-refractivity contribution in [2.24, 2.45) is 0 Å². The molecule has 0 saturated heterocycles. The van der Waals surface area contributed by atoms with Crippen molar-refractivity contribution in [2.75, 3.05) is 0 Å². The van der Waals surface area contributed by atoms with Crippen LogP contribution in [0.2, 0.25) is 0 Å². The minimum absolute atomic E-state index is 0.0631. The highest BCUT2D eigenvalue weighted by Crippen LogP contribution is 2.30. The van der Waals surface area contributed by atoms with E-state index in [0.717, 1.165) is 17.5 Å². The number of aryl methyl sites for hydroxylation is 2. The summed E-state index contributed by atoms with van der Waals surface area (Å²) < 4.78 is 1.81. The van der Waals surface area contributed by atoms with Gasteiger partial charge >= 0.3 is 0 Å². The van der Waals surface area contributed by atoms with Gasteiger partial charge in [-0.05, 0) is 43.2 Å². The van der Waals surface area contributed by atoms with E-state index in [0.29, 0.717) is 0 Å². The zero-order valence-electron chi connectivity index (χ0n) is 11.5. The first-order valence-electron chi connectivity index (χ1n) is 6.66. The molecule has 0 saturated carbocycles. The second kappa shape index (κ2) is 4.23. The second-order valence-electron chi connectivity index (χ2n) is 5.08. The number of aromatic nitrogens is 1. The van der Waals surface area contributed by atoms with E-state index >= 15 is 0 Å². The highest BCUT2D eigenvalue weighted by atomic mass is 16.1. The van der Waals surface area contributed by atoms with E-state index in [1.807, 2.05) is 10.6 Å². The van der Waals surface area contributed by atoms with Gasteiger partial charge in [0, 0.05) is 17.7 Å². The van der Waals surface area contributed by atoms with Crippen molar-refractivity contribution >= 4 is 27.7 Å². The summed E-state index contributed by atoms with van der Waals surface area (Å²) in [5.74, 6) is 0.0631. The Hall–Kier alpha value is -2.09. The third-order valence-electron chi connectivity index (χ3n) is 3.71. The van der Waals surface area contributed by atoms with Gasteiger partial charge in [-0.25, -0.2) is 0 Å². The van der Waals surface area contributed by atoms with Gasteiger partial charge in [-0.2, -0.15) is 0 Å². The maximum Gasteiger partial charge on any atom is 0.228 e. The molecule has 0 fully saturated rings. The van der Waals surface area contributed by atoms with Crippen LogP contribution >= 0.6 is 0 Å². The molecular weight excluding hydrogens is 234 g/mol. The minimum Gasteiger partial charge on any atom is -0.280 e. The first-order chi connectivity index (χ1) is 9.11. The quantitative estimate of drug-likeness (QED) is 0.631. The van der Waals surface area contributed by atoms with E-state index in [1.165, 1.54) is 21.9 Å². The molecule has 2 heteroatoms. The minimum atomic E-state index is 0.0631. The van der Waals surface area contributed by atoms with Crippen molar-refractivity contribution < 1.29 is 4.79 Å². The van der Waals surface area contributed by atoms with Crippen LogP contribution in [0.3, 0.4) is 0 Å². The first-order valence-corrected chi connectivity index (χ1v) is 6.66. The number of carbonyl (C=O) groups is 1. The number of rotatable bonds is 1. The summed E-state index contributed by atoms with van der Waals surface area (Å²) in [6, 6.07) is 12.6. The van der Waals surface area contributed by atoms with Crippen LogP contribution in [0.1, 0.15) is 29.8 Å². The molecule has 0 spiro atoms. The van der Waals surface area contributed by atoms with Crippen molar-refractivity contribution in [1.82, 2.24) is 4.57 Å². The summed E-state index contributed by atoms with van der Waals surface area (Å²) in [5, 5.41) is 2.34. The lowest BCUT2D eigenvalue weighted by atomic mass is 10.1. The second-order valence-corrected chi connectivity index (χ2v) is 5.08. The van der Waals surface area contributed by atoms with Crippen LogP contribution in [0.15, 0.2) is 36.4 Å². The summed E-state index contributed by atoms with van der Waals surface area (Å²) in [5.41, 5.74) is 4.53. The summed E-state index contributed by atoms with van der Waals surface area (Å²) >= 11 is 0. The average molecular weight is 251 g/mol. The number of hydrogen-bond acceptors (Lipinski definition) is 1. The Morgan fingerprint density at radius 1 is 1.05 bits per heavy atom. The zero-order chi connectivity index (χ0) is 13.6. The Labute approximate surface area is 112 Å². The highest BCUT2D eigenvalue weighted by Gasteiger charge is 2.13. The summed E-state index contributed by atoms with van der Waals surface area (Å²) in [7, 11) is 0. The Kier molecular flexibility index (Phi) is 2.67. The predicted molar refractivity (Wildman–Crippen MR) is 79.9 cm³/mol. The van der Waals surface area contributed by atoms with Crippen molar-refractivity contribution in [2.45, 2.75) is 27.2 Å². The number of nitrogens with zero attached hydrogens (tertiary/aromatic N) is 1. The van der Waals surface area contributed by atoms with Gasteiger partial charge in [-0.15, -0.1) is 0 Å². The maximum absolute atomic E-state index is 11.9. The largest absolute Gasteiger partial charge is 0.280 e. The third-order valence-corrected chi connectivity index (χ3v) is 3.71. The number of benzene rings is 2. The van der Waals surface area contributed by atoms with E-state index in [2.05, 4.69) is 44.2 Å². The molecule has 0 aliphatic rings. The number of carbonyl (C=O) groups excluding carboxylic acids is 1. The fourth-order valence-electron chi connectivity index (χ4n) is 2.74. The van der Waals surface area contributed by atoms with Crippen LogP contribution in [0, 0.1) is 6.92 Å². The normalized spacial score (nSPS) is 11.3. The van der Waals surface area contributed by atoms with Gasteiger partial charge in [0.25, 0.3) is 0 Å². The predicted octanol–water partition coefficient (Wildman–Crippen LogP) is 4.33. The molecule has 1 aromatic heterocycles. The monoisotopic (exact) mass is 251 g/mol. The van der Waals surface area contributed by atoms with Crippen LogP contribution in [0.25, 0.3) is 21.8 Å². The topological polar surface area (TPSA) is 22.0 Å². The highest BCUT2D eigenvalue weighted by molar-refractivity contribution is 6.13. The van der Waals surface area contributed by atoms with Gasteiger partial charge in [-0.1, -0.05) is 24.6 Å². The van der Waals surface area contributed by atoms with E-state index in [4.69, 9.17) is 0 Å². The summed E-state index contributed by atoms with van der Waals surface area (Å²) in [4.78, 5) is 11.9. The van der Waals surface area contributed by atoms with Gasteiger partial charge < -0.3 is 0 Å². The van der Waals surface area contributed by atoms with Crippen LogP contribution in [0.5, 0.6) is 0 Å². The van der Waals surface area contributed by atoms with Gasteiger partial charge in [0.1, 0.15) is 0 Å². The lowest BCUT2D eigenvalue weighted by Gasteiger charge is -2.02. The molecule has 0 N–H and O–H groups in total. The smallest absolute Gasteiger partial charge is 0.228 e. The Balaban J connectivity index is 2.53. The molecular formula is C17H17NO. The average Bonchev–Trinajstić information content (AvgIpc) is 2.71. The molecule has 1 heterocycles. The van der Waals surface area contributed by atoms with E-state index in [9.17, 15) is 4.79 Å². The lowest BCUT2D eigenvalue weighted by Crippen LogP contribution is -2.04. The molecule has 19 heavy (non-hydrogen) atoms. The van der Waals surface area contributed by atoms with Crippen LogP contribution in [-0.2, 0) is 6.42 Å². The van der Waals surface area contributed by atoms with Crippen LogP contribution in [0.4, 0.5) is 0 Å². The molecule has 96 valence electrons. The summed E-state index contributed by atoms with van der Waals surface area (Å²) in [6.45, 7) is 5.85. The molecule has 2 aromatic carbocycles. The number of fused-ring (bicyclic) bond motifs is 3. The van der Waals surface area contributed by atoms with Gasteiger partial charge in [0.15, 0.2) is 0 Å². The third kappa shape index (κ3) is 1.75. The fraction of sp³-hybridized carbons (Fsp3) is 0.235. The first kappa shape index (κ1) is 12.0. The molecule has 3 aromatic rings. The molecule has 0 radical (unpaired) electrons. The van der Waals surface area contributed by atoms with Crippen LogP contribution < -0.4 is 0 Å². The molecule has 0 aliphatic heterocycles. The van der Waals surface area contributed by atoms with E-state index in [1.54, 1.807) is 6.92 Å². The van der Waals surface area contributed by atoms with Gasteiger partial charge in [-0.3, -0.25) is 9.36 Å². The lowest BCUT2D eigenvalue weighted by molar-refractivity contribution is 0.0946. The van der Waals surface area contributed by atoms with E-state index < -0.39 is 0 Å². The van der Waals surface area contributed by atoms with Crippen molar-refractivity contribution in [1.29, 1.82) is 0 Å². The summed E-state index contributed by atoms with van der Waals surface area (Å²) in [6.07, 6.45) is 1.01. The zero-order valence-corrected chi connectivity index (χ0v) is 11.5. The molecule has 2 nitrogen and oxygen atoms in total. The standard InChI is InChI=1S/C17H17NO/c1-4-13-6-8-17-15(10-13)14-9-11(2)5-7-16(14)18(17)12(3)19/h5-10H,4H2,1-3H3. The van der Waals surface area contributed by atoms with Gasteiger partial charge in [0.05, 0.1) is 11.0 Å². The molecule has 0 bridgehead atoms. The Bertz CT molecular complexity index is 796. The maximum atomic E-state index is 11.9. The van der Waals surface area contributed by atoms with Crippen LogP contribution in [-0.4, -0.2) is 10.5 Å². The van der Waals surface area contributed by atoms with Gasteiger partial charge in [0.2, 0.25) is 5.91 Å². The molecule has 0 aliphatic carbocycles. The molecule has 0 unspecified atom stereocenters. The van der Waals surface area contributed by atoms with Crippen molar-refractivity contribution in [3.8, 4) is 0 Å². The van der Waals surface area contributed by atoms with Crippen molar-refractivity contribution in [3.05, 3.63) is 47.5 Å². The fourth-order valence-corrected chi connectivity index (χ4v) is 2.74.